The molecule has 0 saturated carbocycles. The van der Waals surface area contributed by atoms with Crippen molar-refractivity contribution >= 4 is 16.0 Å². The fraction of sp³-hybridized carbons (Fsp3) is 0.385. The Balaban J connectivity index is 2.20. The number of hydrogen-bond acceptors (Lipinski definition) is 4. The molecule has 6 nitrogen and oxygen atoms in total. The summed E-state index contributed by atoms with van der Waals surface area (Å²) < 4.78 is 26.1. The lowest BCUT2D eigenvalue weighted by Gasteiger charge is -2.29. The number of piperidine rings is 1. The Bertz CT molecular complexity index is 655. The number of rotatable bonds is 3. The molecule has 1 aromatic rings. The molecule has 1 N–H and O–H groups in total. The van der Waals surface area contributed by atoms with Crippen LogP contribution in [0.15, 0.2) is 29.2 Å². The van der Waals surface area contributed by atoms with E-state index in [1.807, 2.05) is 6.07 Å². The smallest absolute Gasteiger partial charge is 0.306 e. The zero-order chi connectivity index (χ0) is 14.8. The van der Waals surface area contributed by atoms with Crippen molar-refractivity contribution in [3.8, 4) is 6.07 Å². The van der Waals surface area contributed by atoms with Crippen LogP contribution in [0, 0.1) is 17.2 Å². The number of sulfonamides is 1. The van der Waals surface area contributed by atoms with E-state index in [4.69, 9.17) is 10.4 Å². The van der Waals surface area contributed by atoms with Crippen LogP contribution in [0.1, 0.15) is 18.4 Å². The molecule has 1 aliphatic heterocycles. The molecule has 106 valence electrons. The van der Waals surface area contributed by atoms with Crippen molar-refractivity contribution in [1.29, 1.82) is 5.26 Å². The lowest BCUT2D eigenvalue weighted by molar-refractivity contribution is -0.142. The standard InChI is InChI=1S/C13H14N2O4S/c14-9-10-2-1-3-12(8-10)20(18,19)15-6-4-11(5-7-15)13(16)17/h1-3,8,11H,4-7H2,(H,16,17). The Labute approximate surface area is 117 Å². The van der Waals surface area contributed by atoms with E-state index in [1.54, 1.807) is 0 Å². The Morgan fingerprint density at radius 1 is 1.35 bits per heavy atom. The topological polar surface area (TPSA) is 98.5 Å². The minimum absolute atomic E-state index is 0.0744. The summed E-state index contributed by atoms with van der Waals surface area (Å²) in [6.07, 6.45) is 0.624. The number of hydrogen-bond donors (Lipinski definition) is 1. The van der Waals surface area contributed by atoms with Crippen LogP contribution < -0.4 is 0 Å². The zero-order valence-corrected chi connectivity index (χ0v) is 11.5. The van der Waals surface area contributed by atoms with Gasteiger partial charge in [-0.05, 0) is 31.0 Å². The van der Waals surface area contributed by atoms with E-state index in [2.05, 4.69) is 0 Å². The van der Waals surface area contributed by atoms with Crippen LogP contribution in [0.25, 0.3) is 0 Å². The van der Waals surface area contributed by atoms with Gasteiger partial charge in [0.25, 0.3) is 0 Å². The van der Waals surface area contributed by atoms with E-state index in [0.29, 0.717) is 12.8 Å². The third kappa shape index (κ3) is 2.81. The summed E-state index contributed by atoms with van der Waals surface area (Å²) in [6.45, 7) is 0.381. The van der Waals surface area contributed by atoms with Crippen molar-refractivity contribution in [2.24, 2.45) is 5.92 Å². The highest BCUT2D eigenvalue weighted by Crippen LogP contribution is 2.24. The first-order valence-corrected chi connectivity index (χ1v) is 7.62. The molecule has 0 radical (unpaired) electrons. The Hall–Kier alpha value is -1.91. The second-order valence-electron chi connectivity index (χ2n) is 4.66. The molecule has 2 rings (SSSR count). The quantitative estimate of drug-likeness (QED) is 0.898. The van der Waals surface area contributed by atoms with Crippen LogP contribution >= 0.6 is 0 Å². The van der Waals surface area contributed by atoms with Gasteiger partial charge in [0.2, 0.25) is 10.0 Å². The SMILES string of the molecule is N#Cc1cccc(S(=O)(=O)N2CCC(C(=O)O)CC2)c1. The van der Waals surface area contributed by atoms with Crippen molar-refractivity contribution in [2.75, 3.05) is 13.1 Å². The van der Waals surface area contributed by atoms with Gasteiger partial charge in [-0.1, -0.05) is 6.07 Å². The van der Waals surface area contributed by atoms with Gasteiger partial charge in [-0.3, -0.25) is 4.79 Å². The average molecular weight is 294 g/mol. The van der Waals surface area contributed by atoms with Crippen molar-refractivity contribution in [2.45, 2.75) is 17.7 Å². The lowest BCUT2D eigenvalue weighted by Crippen LogP contribution is -2.40. The molecule has 0 atom stereocenters. The Kier molecular flexibility index (Phi) is 4.06. The molecule has 0 bridgehead atoms. The maximum atomic E-state index is 12.4. The number of aliphatic carboxylic acids is 1. The van der Waals surface area contributed by atoms with Crippen molar-refractivity contribution in [3.63, 3.8) is 0 Å². The van der Waals surface area contributed by atoms with Crippen LogP contribution in [0.4, 0.5) is 0 Å². The molecule has 1 aliphatic rings. The van der Waals surface area contributed by atoms with Gasteiger partial charge in [-0.15, -0.1) is 0 Å². The van der Waals surface area contributed by atoms with Gasteiger partial charge in [0.1, 0.15) is 0 Å². The second kappa shape index (κ2) is 5.61. The molecule has 0 spiro atoms. The predicted molar refractivity (Wildman–Crippen MR) is 70.3 cm³/mol. The highest BCUT2D eigenvalue weighted by molar-refractivity contribution is 7.89. The molecule has 0 unspecified atom stereocenters. The molecule has 1 saturated heterocycles. The first-order valence-electron chi connectivity index (χ1n) is 6.18. The van der Waals surface area contributed by atoms with Gasteiger partial charge in [-0.25, -0.2) is 8.42 Å². The maximum absolute atomic E-state index is 12.4. The summed E-state index contributed by atoms with van der Waals surface area (Å²) in [6, 6.07) is 7.74. The summed E-state index contributed by atoms with van der Waals surface area (Å²) in [5.74, 6) is -1.36. The molecule has 20 heavy (non-hydrogen) atoms. The van der Waals surface area contributed by atoms with Crippen LogP contribution in [0.3, 0.4) is 0 Å². The fourth-order valence-corrected chi connectivity index (χ4v) is 3.73. The molecule has 1 heterocycles. The molecule has 1 fully saturated rings. The molecule has 0 aliphatic carbocycles. The summed E-state index contributed by atoms with van der Waals surface area (Å²) >= 11 is 0. The summed E-state index contributed by atoms with van der Waals surface area (Å²) in [5.41, 5.74) is 0.284. The van der Waals surface area contributed by atoms with Gasteiger partial charge < -0.3 is 5.11 Å². The predicted octanol–water partition coefficient (Wildman–Crippen LogP) is 1.04. The van der Waals surface area contributed by atoms with Gasteiger partial charge >= 0.3 is 5.97 Å². The molecule has 0 aromatic heterocycles. The summed E-state index contributed by atoms with van der Waals surface area (Å²) in [4.78, 5) is 10.9. The number of benzene rings is 1. The Morgan fingerprint density at radius 2 is 2.00 bits per heavy atom. The minimum atomic E-state index is -3.65. The fourth-order valence-electron chi connectivity index (χ4n) is 2.22. The highest BCUT2D eigenvalue weighted by Gasteiger charge is 2.31. The summed E-state index contributed by atoms with van der Waals surface area (Å²) in [7, 11) is -3.65. The molecule has 0 amide bonds. The second-order valence-corrected chi connectivity index (χ2v) is 6.59. The zero-order valence-electron chi connectivity index (χ0n) is 10.7. The number of carbonyl (C=O) groups is 1. The number of carboxylic acids is 1. The monoisotopic (exact) mass is 294 g/mol. The Morgan fingerprint density at radius 3 is 2.55 bits per heavy atom. The number of nitriles is 1. The number of carboxylic acid groups (broad SMARTS) is 1. The minimum Gasteiger partial charge on any atom is -0.481 e. The number of nitrogens with zero attached hydrogens (tertiary/aromatic N) is 2. The highest BCUT2D eigenvalue weighted by atomic mass is 32.2. The average Bonchev–Trinajstić information content (AvgIpc) is 2.47. The molecule has 7 heteroatoms. The van der Waals surface area contributed by atoms with Crippen LogP contribution in [0.2, 0.25) is 0 Å². The summed E-state index contributed by atoms with van der Waals surface area (Å²) in [5, 5.41) is 17.7. The van der Waals surface area contributed by atoms with E-state index in [0.717, 1.165) is 0 Å². The van der Waals surface area contributed by atoms with E-state index < -0.39 is 21.9 Å². The normalized spacial score (nSPS) is 17.6. The van der Waals surface area contributed by atoms with E-state index in [-0.39, 0.29) is 23.5 Å². The van der Waals surface area contributed by atoms with Crippen LogP contribution in [-0.4, -0.2) is 36.9 Å². The van der Waals surface area contributed by atoms with Gasteiger partial charge in [0.05, 0.1) is 22.4 Å². The maximum Gasteiger partial charge on any atom is 0.306 e. The molecular formula is C13H14N2O4S. The van der Waals surface area contributed by atoms with Crippen molar-refractivity contribution < 1.29 is 18.3 Å². The van der Waals surface area contributed by atoms with Crippen LogP contribution in [-0.2, 0) is 14.8 Å². The van der Waals surface area contributed by atoms with E-state index in [9.17, 15) is 13.2 Å². The van der Waals surface area contributed by atoms with Crippen molar-refractivity contribution in [3.05, 3.63) is 29.8 Å². The largest absolute Gasteiger partial charge is 0.481 e. The van der Waals surface area contributed by atoms with Crippen molar-refractivity contribution in [1.82, 2.24) is 4.31 Å². The van der Waals surface area contributed by atoms with E-state index in [1.165, 1.54) is 28.6 Å². The van der Waals surface area contributed by atoms with Gasteiger partial charge in [0.15, 0.2) is 0 Å². The first-order chi connectivity index (χ1) is 9.45. The first kappa shape index (κ1) is 14.5. The molecule has 1 aromatic carbocycles. The molecular weight excluding hydrogens is 280 g/mol. The van der Waals surface area contributed by atoms with Gasteiger partial charge in [0, 0.05) is 13.1 Å². The third-order valence-corrected chi connectivity index (χ3v) is 5.30. The van der Waals surface area contributed by atoms with Gasteiger partial charge in [-0.2, -0.15) is 9.57 Å². The van der Waals surface area contributed by atoms with Crippen LogP contribution in [0.5, 0.6) is 0 Å². The third-order valence-electron chi connectivity index (χ3n) is 3.40. The van der Waals surface area contributed by atoms with E-state index >= 15 is 0 Å². The lowest BCUT2D eigenvalue weighted by atomic mass is 9.99.